The van der Waals surface area contributed by atoms with Crippen LogP contribution in [-0.4, -0.2) is 93.3 Å². The smallest absolute Gasteiger partial charge is 0.550 e. The number of aliphatic hydroxyl groups excluding tert-OH is 4. The maximum atomic E-state index is 10.2. The molecule has 0 aromatic rings. The number of carbonyl (C=O) groups is 3. The normalized spacial score (nSPS) is 15.4. The summed E-state index contributed by atoms with van der Waals surface area (Å²) in [4.78, 5) is 30.7. The van der Waals surface area contributed by atoms with Crippen LogP contribution in [0.5, 0.6) is 0 Å². The number of unbranched alkanes of at least 4 members (excludes halogenated alkanes) is 39. The third kappa shape index (κ3) is 66.5. The molecule has 4 atom stereocenters. The summed E-state index contributed by atoms with van der Waals surface area (Å²) in [6, 6.07) is 0. The molecule has 1 fully saturated rings. The zero-order valence-corrected chi connectivity index (χ0v) is 48.3. The largest absolute Gasteiger partial charge is 3.00 e. The van der Waals surface area contributed by atoms with Crippen molar-refractivity contribution in [2.75, 3.05) is 13.2 Å². The number of carboxylic acids is 3. The molecular weight excluding hydrogens is 924 g/mol. The molecule has 0 spiro atoms. The van der Waals surface area contributed by atoms with Crippen LogP contribution in [0.1, 0.15) is 316 Å². The Bertz CT molecular complexity index is 1070. The van der Waals surface area contributed by atoms with Crippen LogP contribution in [0, 0.1) is 0 Å². The van der Waals surface area contributed by atoms with E-state index < -0.39 is 48.9 Å². The standard InChI is InChI=1S/2C18H36O2.C18H34O2.C6H12O5.Al/c3*1-2-3-4-5-6-7-8-9-10-11-12-13-14-15-16-17-18(19)20;7-1-3(8)6-5(10)4(9)2-11-6;/h2*2-17H2,1H3,(H,19,20);9-10H,2-8,11-17H2,1H3,(H,19,20);3-10H,1-2H2;/q;;;;+3/p-3/b;;10-9-;;/t;;;3-,4+,5-,6-;/m...1./s1. The number of carbonyl (C=O) groups excluding carboxylic acids is 3. The summed E-state index contributed by atoms with van der Waals surface area (Å²) in [5.74, 6) is -2.72. The molecule has 11 nitrogen and oxygen atoms in total. The van der Waals surface area contributed by atoms with Gasteiger partial charge in [0.25, 0.3) is 0 Å². The van der Waals surface area contributed by atoms with Gasteiger partial charge in [-0.3, -0.25) is 0 Å². The average molecular weight is 1040 g/mol. The number of allylic oxidation sites excluding steroid dienone is 2. The number of aliphatic hydroxyl groups is 4. The van der Waals surface area contributed by atoms with Crippen molar-refractivity contribution in [2.24, 2.45) is 0 Å². The van der Waals surface area contributed by atoms with Crippen molar-refractivity contribution in [3.05, 3.63) is 12.2 Å². The number of ether oxygens (including phenoxy) is 1. The SMILES string of the molecule is CCCCCCCC/C=C\CCCCCCCC(=O)[O-].CCCCCCCCCCCCCCCCCC(=O)[O-].CCCCCCCCCCCCCCCCCC(=O)[O-].OC[C@@H](O)[C@H]1OC[C@H](O)[C@H]1O.[Al+3]. The van der Waals surface area contributed by atoms with Crippen LogP contribution in [0.3, 0.4) is 0 Å². The van der Waals surface area contributed by atoms with Gasteiger partial charge in [-0.2, -0.15) is 0 Å². The van der Waals surface area contributed by atoms with E-state index in [4.69, 9.17) is 25.2 Å². The summed E-state index contributed by atoms with van der Waals surface area (Å²) in [6.07, 6.45) is 56.6. The van der Waals surface area contributed by atoms with Crippen molar-refractivity contribution in [2.45, 2.75) is 341 Å². The molecule has 1 rings (SSSR count). The van der Waals surface area contributed by atoms with E-state index in [1.54, 1.807) is 0 Å². The number of rotatable bonds is 49. The average Bonchev–Trinajstić information content (AvgIpc) is 3.69. The van der Waals surface area contributed by atoms with Crippen LogP contribution < -0.4 is 15.3 Å². The van der Waals surface area contributed by atoms with E-state index >= 15 is 0 Å². The first-order valence-corrected chi connectivity index (χ1v) is 30.0. The second-order valence-electron chi connectivity index (χ2n) is 20.5. The topological polar surface area (TPSA) is 211 Å². The number of carboxylic acid groups (broad SMARTS) is 3. The third-order valence-electron chi connectivity index (χ3n) is 13.4. The zero-order chi connectivity index (χ0) is 53.1. The second kappa shape index (κ2) is 65.6. The third-order valence-corrected chi connectivity index (χ3v) is 13.4. The second-order valence-corrected chi connectivity index (χ2v) is 20.5. The summed E-state index contributed by atoms with van der Waals surface area (Å²) in [5, 5.41) is 66.2. The minimum absolute atomic E-state index is 0. The molecule has 0 saturated carbocycles. The van der Waals surface area contributed by atoms with Crippen LogP contribution >= 0.6 is 0 Å². The molecule has 0 radical (unpaired) electrons. The van der Waals surface area contributed by atoms with Crippen molar-refractivity contribution in [1.82, 2.24) is 0 Å². The maximum absolute atomic E-state index is 10.2. The van der Waals surface area contributed by atoms with Gasteiger partial charge in [-0.15, -0.1) is 0 Å². The van der Waals surface area contributed by atoms with Crippen molar-refractivity contribution in [1.29, 1.82) is 0 Å². The Labute approximate surface area is 454 Å². The summed E-state index contributed by atoms with van der Waals surface area (Å²) < 4.78 is 4.82. The van der Waals surface area contributed by atoms with Crippen molar-refractivity contribution in [3.63, 3.8) is 0 Å². The van der Waals surface area contributed by atoms with Crippen molar-refractivity contribution < 1.29 is 54.9 Å². The molecule has 72 heavy (non-hydrogen) atoms. The van der Waals surface area contributed by atoms with Crippen molar-refractivity contribution >= 4 is 35.3 Å². The Morgan fingerprint density at radius 1 is 0.431 bits per heavy atom. The summed E-state index contributed by atoms with van der Waals surface area (Å²) in [5.41, 5.74) is 0. The molecule has 0 bridgehead atoms. The van der Waals surface area contributed by atoms with E-state index in [1.807, 2.05) is 0 Å². The monoisotopic (exact) mass is 1040 g/mol. The molecule has 0 aromatic heterocycles. The first kappa shape index (κ1) is 77.0. The predicted molar refractivity (Wildman–Crippen MR) is 294 cm³/mol. The maximum Gasteiger partial charge on any atom is 3.00 e. The minimum atomic E-state index is -1.12. The van der Waals surface area contributed by atoms with Crippen LogP contribution in [0.15, 0.2) is 12.2 Å². The Morgan fingerprint density at radius 2 is 0.653 bits per heavy atom. The summed E-state index contributed by atoms with van der Waals surface area (Å²) >= 11 is 0. The molecule has 1 heterocycles. The summed E-state index contributed by atoms with van der Waals surface area (Å²) in [6.45, 7) is 6.32. The van der Waals surface area contributed by atoms with Crippen LogP contribution in [0.25, 0.3) is 0 Å². The number of hydrogen-bond acceptors (Lipinski definition) is 11. The predicted octanol–water partition coefficient (Wildman–Crippen LogP) is 11.8. The quantitative estimate of drug-likeness (QED) is 0.0256. The molecule has 1 aliphatic rings. The van der Waals surface area contributed by atoms with E-state index in [-0.39, 0.29) is 43.2 Å². The van der Waals surface area contributed by atoms with Gasteiger partial charge in [0.15, 0.2) is 0 Å². The van der Waals surface area contributed by atoms with Gasteiger partial charge < -0.3 is 54.9 Å². The molecule has 0 amide bonds. The fourth-order valence-electron chi connectivity index (χ4n) is 8.69. The van der Waals surface area contributed by atoms with E-state index in [0.717, 1.165) is 44.9 Å². The van der Waals surface area contributed by atoms with Gasteiger partial charge in [0.1, 0.15) is 24.4 Å². The van der Waals surface area contributed by atoms with Crippen LogP contribution in [0.4, 0.5) is 0 Å². The van der Waals surface area contributed by atoms with Gasteiger partial charge in [-0.1, -0.05) is 264 Å². The molecule has 4 N–H and O–H groups in total. The minimum Gasteiger partial charge on any atom is -0.550 e. The Hall–Kier alpha value is -1.52. The first-order chi connectivity index (χ1) is 34.5. The summed E-state index contributed by atoms with van der Waals surface area (Å²) in [7, 11) is 0. The molecule has 0 aliphatic carbocycles. The Kier molecular flexibility index (Phi) is 70.1. The van der Waals surface area contributed by atoms with Crippen LogP contribution in [-0.2, 0) is 19.1 Å². The molecular formula is C60H115AlO11. The molecule has 424 valence electrons. The molecule has 0 aromatic carbocycles. The molecule has 12 heteroatoms. The molecule has 0 unspecified atom stereocenters. The zero-order valence-electron chi connectivity index (χ0n) is 47.1. The van der Waals surface area contributed by atoms with Crippen molar-refractivity contribution in [3.8, 4) is 0 Å². The fraction of sp³-hybridized carbons (Fsp3) is 0.917. The Morgan fingerprint density at radius 3 is 0.847 bits per heavy atom. The number of aliphatic carboxylic acids is 3. The molecule has 1 aliphatic heterocycles. The Balaban J connectivity index is -0.000000434. The van der Waals surface area contributed by atoms with E-state index in [1.165, 1.54) is 231 Å². The number of hydrogen-bond donors (Lipinski definition) is 4. The first-order valence-electron chi connectivity index (χ1n) is 30.0. The van der Waals surface area contributed by atoms with Gasteiger partial charge in [-0.25, -0.2) is 0 Å². The fourth-order valence-corrected chi connectivity index (χ4v) is 8.69. The van der Waals surface area contributed by atoms with Gasteiger partial charge in [0.05, 0.1) is 13.2 Å². The van der Waals surface area contributed by atoms with E-state index in [2.05, 4.69) is 32.9 Å². The van der Waals surface area contributed by atoms with E-state index in [9.17, 15) is 29.7 Å². The van der Waals surface area contributed by atoms with Gasteiger partial charge in [0, 0.05) is 17.9 Å². The van der Waals surface area contributed by atoms with Gasteiger partial charge in [-0.05, 0) is 64.2 Å². The van der Waals surface area contributed by atoms with Gasteiger partial charge in [0.2, 0.25) is 0 Å². The van der Waals surface area contributed by atoms with Crippen LogP contribution in [0.2, 0.25) is 0 Å². The van der Waals surface area contributed by atoms with E-state index in [0.29, 0.717) is 0 Å². The molecule has 1 saturated heterocycles. The van der Waals surface area contributed by atoms with Gasteiger partial charge >= 0.3 is 17.4 Å².